The van der Waals surface area contributed by atoms with Crippen LogP contribution < -0.4 is 5.73 Å². The first-order valence-electron chi connectivity index (χ1n) is 5.60. The van der Waals surface area contributed by atoms with Crippen molar-refractivity contribution in [3.8, 4) is 0 Å². The lowest BCUT2D eigenvalue weighted by atomic mass is 10.1. The van der Waals surface area contributed by atoms with Gasteiger partial charge >= 0.3 is 0 Å². The van der Waals surface area contributed by atoms with E-state index in [-0.39, 0.29) is 11.4 Å². The van der Waals surface area contributed by atoms with Gasteiger partial charge < -0.3 is 35.5 Å². The largest absolute Gasteiger partial charge is 0.394 e. The quantitative estimate of drug-likeness (QED) is 0.394. The summed E-state index contributed by atoms with van der Waals surface area (Å²) in [6, 6.07) is 0. The van der Waals surface area contributed by atoms with E-state index in [1.165, 1.54) is 10.9 Å². The first-order chi connectivity index (χ1) is 9.01. The van der Waals surface area contributed by atoms with Crippen LogP contribution in [0.3, 0.4) is 0 Å². The zero-order valence-corrected chi connectivity index (χ0v) is 9.88. The summed E-state index contributed by atoms with van der Waals surface area (Å²) in [4.78, 5) is 14.9. The topological polar surface area (TPSA) is 151 Å². The van der Waals surface area contributed by atoms with Gasteiger partial charge in [0.15, 0.2) is 11.9 Å². The summed E-state index contributed by atoms with van der Waals surface area (Å²) in [6.07, 6.45) is -3.44. The molecule has 0 radical (unpaired) electrons. The molecule has 1 aliphatic heterocycles. The Kier molecular flexibility index (Phi) is 3.83. The fraction of sp³-hybridized carbons (Fsp3) is 0.600. The second-order valence-electron chi connectivity index (χ2n) is 4.20. The lowest BCUT2D eigenvalue weighted by Gasteiger charge is -2.18. The molecule has 4 atom stereocenters. The average molecular weight is 273 g/mol. The number of nitrogens with zero attached hydrogens (tertiary/aromatic N) is 2. The molecule has 6 N–H and O–H groups in total. The number of ether oxygens (including phenoxy) is 1. The second-order valence-corrected chi connectivity index (χ2v) is 4.20. The summed E-state index contributed by atoms with van der Waals surface area (Å²) in [6.45, 7) is -1.01. The normalized spacial score (nSPS) is 30.7. The number of hydrogen-bond donors (Lipinski definition) is 5. The summed E-state index contributed by atoms with van der Waals surface area (Å²) in [5.41, 5.74) is 5.03. The van der Waals surface area contributed by atoms with Crippen LogP contribution in [-0.4, -0.2) is 60.8 Å². The van der Waals surface area contributed by atoms with Crippen molar-refractivity contribution in [2.45, 2.75) is 31.1 Å². The van der Waals surface area contributed by atoms with Crippen LogP contribution in [0, 0.1) is 0 Å². The number of rotatable bonds is 4. The zero-order valence-electron chi connectivity index (χ0n) is 9.88. The fourth-order valence-electron chi connectivity index (χ4n) is 2.08. The Bertz CT molecular complexity index is 476. The SMILES string of the molecule is NC(=O)c1ncn([C@@H]2O[C@H](CO)[C@@H](O)[C@H]2O)c1CO. The van der Waals surface area contributed by atoms with Crippen LogP contribution in [0.2, 0.25) is 0 Å². The van der Waals surface area contributed by atoms with Gasteiger partial charge in [0.2, 0.25) is 0 Å². The Morgan fingerprint density at radius 3 is 2.58 bits per heavy atom. The van der Waals surface area contributed by atoms with Crippen molar-refractivity contribution in [2.24, 2.45) is 5.73 Å². The number of aliphatic hydroxyl groups is 4. The molecule has 0 aliphatic carbocycles. The summed E-state index contributed by atoms with van der Waals surface area (Å²) < 4.78 is 6.48. The van der Waals surface area contributed by atoms with Crippen LogP contribution in [0.4, 0.5) is 0 Å². The monoisotopic (exact) mass is 273 g/mol. The van der Waals surface area contributed by atoms with Crippen molar-refractivity contribution in [1.29, 1.82) is 0 Å². The molecular formula is C10H15N3O6. The molecule has 1 fully saturated rings. The van der Waals surface area contributed by atoms with Crippen molar-refractivity contribution >= 4 is 5.91 Å². The van der Waals surface area contributed by atoms with Gasteiger partial charge in [0.25, 0.3) is 5.91 Å². The summed E-state index contributed by atoms with van der Waals surface area (Å²) in [5.74, 6) is -0.824. The molecule has 2 heterocycles. The third kappa shape index (κ3) is 2.22. The van der Waals surface area contributed by atoms with E-state index in [9.17, 15) is 20.1 Å². The molecular weight excluding hydrogens is 258 g/mol. The Hall–Kier alpha value is -1.52. The standard InChI is InChI=1S/C10H15N3O6/c11-9(18)6-4(1-14)13(3-12-6)10-8(17)7(16)5(2-15)19-10/h3,5,7-8,10,14-17H,1-2H2,(H2,11,18)/t5-,7-,8-,10-/m1/s1. The van der Waals surface area contributed by atoms with Crippen molar-refractivity contribution in [1.82, 2.24) is 9.55 Å². The third-order valence-electron chi connectivity index (χ3n) is 3.07. The fourth-order valence-corrected chi connectivity index (χ4v) is 2.08. The third-order valence-corrected chi connectivity index (χ3v) is 3.07. The minimum Gasteiger partial charge on any atom is -0.394 e. The predicted octanol–water partition coefficient (Wildman–Crippen LogP) is -2.91. The van der Waals surface area contributed by atoms with E-state index in [1.54, 1.807) is 0 Å². The molecule has 0 saturated carbocycles. The van der Waals surface area contributed by atoms with Gasteiger partial charge in [-0.3, -0.25) is 4.79 Å². The molecule has 0 spiro atoms. The number of imidazole rings is 1. The average Bonchev–Trinajstić information content (AvgIpc) is 2.92. The lowest BCUT2D eigenvalue weighted by molar-refractivity contribution is -0.0549. The molecule has 1 aliphatic rings. The summed E-state index contributed by atoms with van der Waals surface area (Å²) in [7, 11) is 0. The second kappa shape index (κ2) is 5.23. The highest BCUT2D eigenvalue weighted by Gasteiger charge is 2.44. The highest BCUT2D eigenvalue weighted by molar-refractivity contribution is 5.91. The number of primary amides is 1. The maximum absolute atomic E-state index is 11.1. The van der Waals surface area contributed by atoms with Crippen LogP contribution in [0.25, 0.3) is 0 Å². The van der Waals surface area contributed by atoms with Crippen molar-refractivity contribution in [3.63, 3.8) is 0 Å². The zero-order chi connectivity index (χ0) is 14.2. The van der Waals surface area contributed by atoms with E-state index in [0.717, 1.165) is 0 Å². The Balaban J connectivity index is 2.35. The molecule has 1 aromatic rings. The molecule has 1 amide bonds. The molecule has 2 rings (SSSR count). The first kappa shape index (κ1) is 13.9. The van der Waals surface area contributed by atoms with Crippen LogP contribution >= 0.6 is 0 Å². The van der Waals surface area contributed by atoms with Crippen LogP contribution in [-0.2, 0) is 11.3 Å². The van der Waals surface area contributed by atoms with E-state index in [4.69, 9.17) is 15.6 Å². The maximum Gasteiger partial charge on any atom is 0.269 e. The maximum atomic E-state index is 11.1. The number of hydrogen-bond acceptors (Lipinski definition) is 7. The van der Waals surface area contributed by atoms with Crippen LogP contribution in [0.5, 0.6) is 0 Å². The Labute approximate surface area is 107 Å². The minimum absolute atomic E-state index is 0.0716. The van der Waals surface area contributed by atoms with E-state index < -0.39 is 43.7 Å². The molecule has 9 heteroatoms. The first-order valence-corrected chi connectivity index (χ1v) is 5.60. The molecule has 106 valence electrons. The van der Waals surface area contributed by atoms with E-state index in [0.29, 0.717) is 0 Å². The van der Waals surface area contributed by atoms with Gasteiger partial charge in [-0.25, -0.2) is 4.98 Å². The molecule has 9 nitrogen and oxygen atoms in total. The molecule has 1 saturated heterocycles. The number of aliphatic hydroxyl groups excluding tert-OH is 4. The highest BCUT2D eigenvalue weighted by Crippen LogP contribution is 2.30. The number of aromatic nitrogens is 2. The smallest absolute Gasteiger partial charge is 0.269 e. The van der Waals surface area contributed by atoms with E-state index in [1.807, 2.05) is 0 Å². The molecule has 0 aromatic carbocycles. The van der Waals surface area contributed by atoms with Gasteiger partial charge in [0.05, 0.1) is 25.2 Å². The van der Waals surface area contributed by atoms with Crippen LogP contribution in [0.1, 0.15) is 22.4 Å². The molecule has 0 unspecified atom stereocenters. The van der Waals surface area contributed by atoms with Gasteiger partial charge in [-0.15, -0.1) is 0 Å². The lowest BCUT2D eigenvalue weighted by Crippen LogP contribution is -2.33. The summed E-state index contributed by atoms with van der Waals surface area (Å²) >= 11 is 0. The van der Waals surface area contributed by atoms with Crippen molar-refractivity contribution < 1.29 is 30.0 Å². The number of nitrogens with two attached hydrogens (primary N) is 1. The van der Waals surface area contributed by atoms with E-state index >= 15 is 0 Å². The van der Waals surface area contributed by atoms with E-state index in [2.05, 4.69) is 4.98 Å². The van der Waals surface area contributed by atoms with Gasteiger partial charge in [-0.1, -0.05) is 0 Å². The Morgan fingerprint density at radius 2 is 2.11 bits per heavy atom. The predicted molar refractivity (Wildman–Crippen MR) is 59.7 cm³/mol. The highest BCUT2D eigenvalue weighted by atomic mass is 16.6. The van der Waals surface area contributed by atoms with Gasteiger partial charge in [-0.2, -0.15) is 0 Å². The molecule has 1 aromatic heterocycles. The van der Waals surface area contributed by atoms with Gasteiger partial charge in [-0.05, 0) is 0 Å². The minimum atomic E-state index is -1.32. The Morgan fingerprint density at radius 1 is 1.42 bits per heavy atom. The molecule has 0 bridgehead atoms. The van der Waals surface area contributed by atoms with Gasteiger partial charge in [0, 0.05) is 0 Å². The van der Waals surface area contributed by atoms with Gasteiger partial charge in [0.1, 0.15) is 18.3 Å². The molecule has 19 heavy (non-hydrogen) atoms. The summed E-state index contributed by atoms with van der Waals surface area (Å²) in [5, 5.41) is 37.7. The number of carbonyl (C=O) groups excluding carboxylic acids is 1. The number of amides is 1. The number of carbonyl (C=O) groups is 1. The van der Waals surface area contributed by atoms with Crippen molar-refractivity contribution in [3.05, 3.63) is 17.7 Å². The van der Waals surface area contributed by atoms with Crippen LogP contribution in [0.15, 0.2) is 6.33 Å². The van der Waals surface area contributed by atoms with Crippen molar-refractivity contribution in [2.75, 3.05) is 6.61 Å².